The maximum atomic E-state index is 9.66. The molecule has 0 aromatic heterocycles. The molecule has 2 nitrogen and oxygen atoms in total. The van der Waals surface area contributed by atoms with E-state index >= 15 is 0 Å². The highest BCUT2D eigenvalue weighted by molar-refractivity contribution is 5.16. The molecule has 2 N–H and O–H groups in total. The van der Waals surface area contributed by atoms with Crippen LogP contribution < -0.4 is 0 Å². The largest absolute Gasteiger partial charge is 0.390 e. The normalized spacial score (nSPS) is 35.7. The third kappa shape index (κ3) is 2.21. The van der Waals surface area contributed by atoms with Crippen LogP contribution in [0.5, 0.6) is 0 Å². The maximum absolute atomic E-state index is 9.66. The summed E-state index contributed by atoms with van der Waals surface area (Å²) in [5.41, 5.74) is 1.29. The zero-order valence-electron chi connectivity index (χ0n) is 9.00. The molecule has 0 radical (unpaired) electrons. The van der Waals surface area contributed by atoms with E-state index in [-0.39, 0.29) is 5.92 Å². The predicted octanol–water partition coefficient (Wildman–Crippen LogP) is 1.61. The minimum Gasteiger partial charge on any atom is -0.390 e. The number of aliphatic hydroxyl groups is 2. The van der Waals surface area contributed by atoms with Gasteiger partial charge in [0.15, 0.2) is 0 Å². The van der Waals surface area contributed by atoms with Crippen LogP contribution in [0.4, 0.5) is 0 Å². The smallest absolute Gasteiger partial charge is 0.0827 e. The summed E-state index contributed by atoms with van der Waals surface area (Å²) >= 11 is 0. The maximum Gasteiger partial charge on any atom is 0.0827 e. The van der Waals surface area contributed by atoms with Gasteiger partial charge >= 0.3 is 0 Å². The Hall–Kier alpha value is -0.860. The van der Waals surface area contributed by atoms with Crippen LogP contribution in [0.2, 0.25) is 0 Å². The van der Waals surface area contributed by atoms with E-state index in [9.17, 15) is 10.2 Å². The lowest BCUT2D eigenvalue weighted by molar-refractivity contribution is 0.0234. The van der Waals surface area contributed by atoms with Gasteiger partial charge in [-0.3, -0.25) is 0 Å². The van der Waals surface area contributed by atoms with Crippen molar-refractivity contribution in [1.29, 1.82) is 0 Å². The minimum atomic E-state index is -0.543. The lowest BCUT2D eigenvalue weighted by atomic mass is 9.90. The number of hydrogen-bond donors (Lipinski definition) is 2. The molecule has 82 valence electrons. The molecule has 1 aliphatic carbocycles. The molecule has 2 heteroatoms. The van der Waals surface area contributed by atoms with E-state index in [0.717, 1.165) is 12.8 Å². The molecule has 1 aliphatic rings. The molecule has 1 aromatic carbocycles. The molecule has 2 rings (SSSR count). The fourth-order valence-corrected chi connectivity index (χ4v) is 2.48. The van der Waals surface area contributed by atoms with Crippen molar-refractivity contribution in [3.63, 3.8) is 0 Å². The molecule has 0 saturated heterocycles. The van der Waals surface area contributed by atoms with E-state index in [1.807, 2.05) is 25.1 Å². The molecule has 15 heavy (non-hydrogen) atoms. The molecular weight excluding hydrogens is 188 g/mol. The first-order valence-corrected chi connectivity index (χ1v) is 5.58. The Morgan fingerprint density at radius 2 is 1.87 bits per heavy atom. The first-order valence-electron chi connectivity index (χ1n) is 5.58. The first kappa shape index (κ1) is 10.7. The summed E-state index contributed by atoms with van der Waals surface area (Å²) in [5.74, 6) is 0.595. The summed E-state index contributed by atoms with van der Waals surface area (Å²) in [6.45, 7) is 2.02. The second-order valence-electron chi connectivity index (χ2n) is 4.60. The van der Waals surface area contributed by atoms with Crippen molar-refractivity contribution in [2.75, 3.05) is 0 Å². The molecule has 1 saturated carbocycles. The number of benzene rings is 1. The summed E-state index contributed by atoms with van der Waals surface area (Å²) in [6, 6.07) is 10.3. The van der Waals surface area contributed by atoms with Crippen LogP contribution in [-0.4, -0.2) is 22.4 Å². The van der Waals surface area contributed by atoms with E-state index in [4.69, 9.17) is 0 Å². The molecule has 1 aromatic rings. The van der Waals surface area contributed by atoms with Crippen molar-refractivity contribution in [2.24, 2.45) is 11.8 Å². The van der Waals surface area contributed by atoms with Crippen LogP contribution in [-0.2, 0) is 6.42 Å². The number of hydrogen-bond acceptors (Lipinski definition) is 2. The third-order valence-electron chi connectivity index (χ3n) is 3.56. The quantitative estimate of drug-likeness (QED) is 0.771. The monoisotopic (exact) mass is 206 g/mol. The summed E-state index contributed by atoms with van der Waals surface area (Å²) in [6.07, 6.45) is 0.598. The van der Waals surface area contributed by atoms with Gasteiger partial charge in [-0.2, -0.15) is 0 Å². The molecule has 4 atom stereocenters. The van der Waals surface area contributed by atoms with Crippen LogP contribution in [0.1, 0.15) is 18.9 Å². The van der Waals surface area contributed by atoms with E-state index in [2.05, 4.69) is 12.1 Å². The van der Waals surface area contributed by atoms with Gasteiger partial charge < -0.3 is 10.2 Å². The second-order valence-corrected chi connectivity index (χ2v) is 4.60. The fourth-order valence-electron chi connectivity index (χ4n) is 2.48. The van der Waals surface area contributed by atoms with Gasteiger partial charge in [-0.1, -0.05) is 37.3 Å². The van der Waals surface area contributed by atoms with E-state index in [0.29, 0.717) is 5.92 Å². The van der Waals surface area contributed by atoms with E-state index in [1.165, 1.54) is 5.56 Å². The average molecular weight is 206 g/mol. The Morgan fingerprint density at radius 1 is 1.20 bits per heavy atom. The predicted molar refractivity (Wildman–Crippen MR) is 59.4 cm³/mol. The molecule has 1 fully saturated rings. The second kappa shape index (κ2) is 4.33. The van der Waals surface area contributed by atoms with Crippen molar-refractivity contribution in [1.82, 2.24) is 0 Å². The average Bonchev–Trinajstić information content (AvgIpc) is 2.48. The van der Waals surface area contributed by atoms with Crippen LogP contribution in [0, 0.1) is 11.8 Å². The van der Waals surface area contributed by atoms with E-state index < -0.39 is 12.2 Å². The van der Waals surface area contributed by atoms with Gasteiger partial charge in [-0.25, -0.2) is 0 Å². The van der Waals surface area contributed by atoms with Gasteiger partial charge in [0.05, 0.1) is 12.2 Å². The Bertz CT molecular complexity index is 310. The van der Waals surface area contributed by atoms with Gasteiger partial charge in [-0.15, -0.1) is 0 Å². The zero-order valence-corrected chi connectivity index (χ0v) is 9.00. The molecule has 0 unspecified atom stereocenters. The summed E-state index contributed by atoms with van der Waals surface area (Å²) in [7, 11) is 0. The van der Waals surface area contributed by atoms with Crippen molar-refractivity contribution < 1.29 is 10.2 Å². The van der Waals surface area contributed by atoms with Gasteiger partial charge in [0.25, 0.3) is 0 Å². The number of aliphatic hydroxyl groups excluding tert-OH is 2. The van der Waals surface area contributed by atoms with Crippen molar-refractivity contribution in [2.45, 2.75) is 32.0 Å². The van der Waals surface area contributed by atoms with Gasteiger partial charge in [0.2, 0.25) is 0 Å². The highest BCUT2D eigenvalue weighted by atomic mass is 16.3. The Balaban J connectivity index is 2.02. The van der Waals surface area contributed by atoms with Crippen LogP contribution in [0.15, 0.2) is 30.3 Å². The minimum absolute atomic E-state index is 0.195. The molecular formula is C13H18O2. The molecule has 0 spiro atoms. The Kier molecular flexibility index (Phi) is 3.08. The number of rotatable bonds is 2. The van der Waals surface area contributed by atoms with Crippen molar-refractivity contribution in [3.8, 4) is 0 Å². The molecule has 0 heterocycles. The molecule has 0 amide bonds. The summed E-state index contributed by atoms with van der Waals surface area (Å²) < 4.78 is 0. The van der Waals surface area contributed by atoms with Crippen LogP contribution in [0.25, 0.3) is 0 Å². The molecule has 0 aliphatic heterocycles. The highest BCUT2D eigenvalue weighted by Crippen LogP contribution is 2.34. The zero-order chi connectivity index (χ0) is 10.8. The SMILES string of the molecule is C[C@@H]1[C@@H](Cc2ccccc2)C[C@@H](O)[C@@H]1O. The fraction of sp³-hybridized carbons (Fsp3) is 0.538. The van der Waals surface area contributed by atoms with Gasteiger partial charge in [0, 0.05) is 0 Å². The topological polar surface area (TPSA) is 40.5 Å². The lowest BCUT2D eigenvalue weighted by Crippen LogP contribution is -2.24. The first-order chi connectivity index (χ1) is 7.18. The Morgan fingerprint density at radius 3 is 2.40 bits per heavy atom. The van der Waals surface area contributed by atoms with E-state index in [1.54, 1.807) is 0 Å². The van der Waals surface area contributed by atoms with Crippen molar-refractivity contribution in [3.05, 3.63) is 35.9 Å². The molecule has 0 bridgehead atoms. The van der Waals surface area contributed by atoms with Crippen molar-refractivity contribution >= 4 is 0 Å². The summed E-state index contributed by atoms with van der Waals surface area (Å²) in [4.78, 5) is 0. The van der Waals surface area contributed by atoms with Gasteiger partial charge in [0.1, 0.15) is 0 Å². The lowest BCUT2D eigenvalue weighted by Gasteiger charge is -2.16. The highest BCUT2D eigenvalue weighted by Gasteiger charge is 2.38. The standard InChI is InChI=1S/C13H18O2/c1-9-11(8-12(14)13(9)15)7-10-5-3-2-4-6-10/h2-6,9,11-15H,7-8H2,1H3/t9-,11+,12-,13-/m1/s1. The Labute approximate surface area is 90.6 Å². The van der Waals surface area contributed by atoms with Gasteiger partial charge in [-0.05, 0) is 30.2 Å². The third-order valence-corrected chi connectivity index (χ3v) is 3.56. The summed E-state index contributed by atoms with van der Waals surface area (Å²) in [5, 5.41) is 19.2. The van der Waals surface area contributed by atoms with Crippen LogP contribution in [0.3, 0.4) is 0 Å². The van der Waals surface area contributed by atoms with Crippen LogP contribution >= 0.6 is 0 Å².